The summed E-state index contributed by atoms with van der Waals surface area (Å²) in [6, 6.07) is 25.2. The van der Waals surface area contributed by atoms with Gasteiger partial charge in [0.2, 0.25) is 5.91 Å². The second kappa shape index (κ2) is 10.3. The molecule has 0 aliphatic heterocycles. The van der Waals surface area contributed by atoms with Crippen LogP contribution in [-0.4, -0.2) is 22.1 Å². The number of nitrogens with one attached hydrogen (secondary N) is 1. The van der Waals surface area contributed by atoms with Gasteiger partial charge in [-0.2, -0.15) is 0 Å². The number of hydrogen-bond donors (Lipinski definition) is 1. The van der Waals surface area contributed by atoms with Crippen molar-refractivity contribution in [2.75, 3.05) is 11.9 Å². The van der Waals surface area contributed by atoms with Crippen LogP contribution in [0.4, 0.5) is 5.69 Å². The smallest absolute Gasteiger partial charge is 0.254 e. The van der Waals surface area contributed by atoms with Gasteiger partial charge < -0.3 is 14.8 Å². The molecule has 0 unspecified atom stereocenters. The molecule has 0 aliphatic carbocycles. The lowest BCUT2D eigenvalue weighted by Gasteiger charge is -2.10. The van der Waals surface area contributed by atoms with Gasteiger partial charge in [0.05, 0.1) is 18.6 Å². The number of hydrogen-bond acceptors (Lipinski definition) is 5. The average Bonchev–Trinajstić information content (AvgIpc) is 2.83. The van der Waals surface area contributed by atoms with Gasteiger partial charge in [0, 0.05) is 17.3 Å². The molecule has 4 rings (SSSR count). The van der Waals surface area contributed by atoms with Gasteiger partial charge in [-0.3, -0.25) is 14.2 Å². The monoisotopic (exact) mass is 441 g/mol. The molecular weight excluding hydrogens is 418 g/mol. The Kier molecular flexibility index (Phi) is 6.80. The highest BCUT2D eigenvalue weighted by Crippen LogP contribution is 2.23. The standard InChI is InChI=1S/C26H23N3O4/c1-2-32-21-12-8-19(9-13-21)24-16-26(31)29(18-27-24)17-25(30)28-20-10-14-23(15-11-20)33-22-6-4-3-5-7-22/h3-16,18H,2,17H2,1H3,(H,28,30). The van der Waals surface area contributed by atoms with Crippen LogP contribution in [0.5, 0.6) is 17.2 Å². The lowest BCUT2D eigenvalue weighted by atomic mass is 10.1. The van der Waals surface area contributed by atoms with E-state index in [9.17, 15) is 9.59 Å². The van der Waals surface area contributed by atoms with E-state index in [1.54, 1.807) is 24.3 Å². The van der Waals surface area contributed by atoms with Crippen molar-refractivity contribution in [3.05, 3.63) is 102 Å². The van der Waals surface area contributed by atoms with Gasteiger partial charge in [-0.05, 0) is 67.6 Å². The number of carbonyl (C=O) groups excluding carboxylic acids is 1. The number of aromatic nitrogens is 2. The number of para-hydroxylation sites is 1. The van der Waals surface area contributed by atoms with Crippen molar-refractivity contribution in [1.82, 2.24) is 9.55 Å². The molecular formula is C26H23N3O4. The van der Waals surface area contributed by atoms with E-state index in [-0.39, 0.29) is 18.0 Å². The second-order valence-corrected chi connectivity index (χ2v) is 7.19. The van der Waals surface area contributed by atoms with Crippen LogP contribution in [-0.2, 0) is 11.3 Å². The second-order valence-electron chi connectivity index (χ2n) is 7.19. The van der Waals surface area contributed by atoms with Crippen molar-refractivity contribution in [2.24, 2.45) is 0 Å². The third kappa shape index (κ3) is 5.86. The summed E-state index contributed by atoms with van der Waals surface area (Å²) in [6.45, 7) is 2.36. The predicted octanol–water partition coefficient (Wildman–Crippen LogP) is 4.74. The molecule has 0 saturated carbocycles. The van der Waals surface area contributed by atoms with Crippen LogP contribution in [0.15, 0.2) is 96.1 Å². The number of carbonyl (C=O) groups is 1. The fourth-order valence-corrected chi connectivity index (χ4v) is 3.18. The third-order valence-corrected chi connectivity index (χ3v) is 4.77. The molecule has 0 atom stereocenters. The predicted molar refractivity (Wildman–Crippen MR) is 127 cm³/mol. The fourth-order valence-electron chi connectivity index (χ4n) is 3.18. The number of nitrogens with zero attached hydrogens (tertiary/aromatic N) is 2. The highest BCUT2D eigenvalue weighted by molar-refractivity contribution is 5.90. The Bertz CT molecular complexity index is 1270. The molecule has 1 heterocycles. The minimum atomic E-state index is -0.329. The lowest BCUT2D eigenvalue weighted by molar-refractivity contribution is -0.116. The Morgan fingerprint density at radius 1 is 0.909 bits per heavy atom. The zero-order chi connectivity index (χ0) is 23.0. The van der Waals surface area contributed by atoms with Crippen LogP contribution >= 0.6 is 0 Å². The van der Waals surface area contributed by atoms with E-state index in [0.29, 0.717) is 23.7 Å². The lowest BCUT2D eigenvalue weighted by Crippen LogP contribution is -2.27. The van der Waals surface area contributed by atoms with Gasteiger partial charge in [0.25, 0.3) is 5.56 Å². The van der Waals surface area contributed by atoms with Crippen molar-refractivity contribution in [2.45, 2.75) is 13.5 Å². The van der Waals surface area contributed by atoms with Crippen molar-refractivity contribution >= 4 is 11.6 Å². The molecule has 7 nitrogen and oxygen atoms in total. The van der Waals surface area contributed by atoms with E-state index in [2.05, 4.69) is 10.3 Å². The largest absolute Gasteiger partial charge is 0.494 e. The quantitative estimate of drug-likeness (QED) is 0.427. The number of amides is 1. The van der Waals surface area contributed by atoms with E-state index in [1.807, 2.05) is 61.5 Å². The van der Waals surface area contributed by atoms with Crippen molar-refractivity contribution in [1.29, 1.82) is 0 Å². The normalized spacial score (nSPS) is 10.5. The molecule has 0 aliphatic rings. The van der Waals surface area contributed by atoms with Crippen LogP contribution in [0.2, 0.25) is 0 Å². The molecule has 33 heavy (non-hydrogen) atoms. The Hall–Kier alpha value is -4.39. The number of rotatable bonds is 8. The van der Waals surface area contributed by atoms with E-state index < -0.39 is 0 Å². The fraction of sp³-hybridized carbons (Fsp3) is 0.115. The molecule has 0 spiro atoms. The summed E-state index contributed by atoms with van der Waals surface area (Å²) in [5.41, 5.74) is 1.63. The van der Waals surface area contributed by atoms with E-state index >= 15 is 0 Å². The number of anilines is 1. The molecule has 1 amide bonds. The summed E-state index contributed by atoms with van der Waals surface area (Å²) in [5, 5.41) is 2.78. The van der Waals surface area contributed by atoms with Gasteiger partial charge in [-0.25, -0.2) is 4.98 Å². The molecule has 0 bridgehead atoms. The van der Waals surface area contributed by atoms with Crippen LogP contribution in [0.3, 0.4) is 0 Å². The molecule has 1 aromatic heterocycles. The SMILES string of the molecule is CCOc1ccc(-c2cc(=O)n(CC(=O)Nc3ccc(Oc4ccccc4)cc3)cn2)cc1. The van der Waals surface area contributed by atoms with Gasteiger partial charge >= 0.3 is 0 Å². The minimum absolute atomic E-state index is 0.141. The summed E-state index contributed by atoms with van der Waals surface area (Å²) in [4.78, 5) is 29.2. The molecule has 0 radical (unpaired) electrons. The highest BCUT2D eigenvalue weighted by atomic mass is 16.5. The van der Waals surface area contributed by atoms with E-state index in [0.717, 1.165) is 17.1 Å². The first-order valence-corrected chi connectivity index (χ1v) is 10.5. The zero-order valence-electron chi connectivity index (χ0n) is 18.1. The molecule has 7 heteroatoms. The third-order valence-electron chi connectivity index (χ3n) is 4.77. The van der Waals surface area contributed by atoms with E-state index in [4.69, 9.17) is 9.47 Å². The maximum Gasteiger partial charge on any atom is 0.254 e. The molecule has 166 valence electrons. The molecule has 0 fully saturated rings. The Morgan fingerprint density at radius 3 is 2.24 bits per heavy atom. The van der Waals surface area contributed by atoms with Crippen LogP contribution in [0, 0.1) is 0 Å². The van der Waals surface area contributed by atoms with Gasteiger partial charge in [-0.1, -0.05) is 18.2 Å². The number of ether oxygens (including phenoxy) is 2. The van der Waals surface area contributed by atoms with E-state index in [1.165, 1.54) is 17.0 Å². The summed E-state index contributed by atoms with van der Waals surface area (Å²) >= 11 is 0. The Morgan fingerprint density at radius 2 is 1.58 bits per heavy atom. The molecule has 0 saturated heterocycles. The van der Waals surface area contributed by atoms with Crippen LogP contribution < -0.4 is 20.3 Å². The zero-order valence-corrected chi connectivity index (χ0v) is 18.1. The number of benzene rings is 3. The van der Waals surface area contributed by atoms with Crippen molar-refractivity contribution in [3.8, 4) is 28.5 Å². The highest BCUT2D eigenvalue weighted by Gasteiger charge is 2.08. The van der Waals surface area contributed by atoms with Crippen molar-refractivity contribution in [3.63, 3.8) is 0 Å². The molecule has 4 aromatic rings. The summed E-state index contributed by atoms with van der Waals surface area (Å²) in [6.07, 6.45) is 1.38. The maximum atomic E-state index is 12.5. The van der Waals surface area contributed by atoms with Gasteiger partial charge in [0.1, 0.15) is 23.8 Å². The topological polar surface area (TPSA) is 82.5 Å². The van der Waals surface area contributed by atoms with Crippen LogP contribution in [0.1, 0.15) is 6.92 Å². The Balaban J connectivity index is 1.36. The first kappa shape index (κ1) is 21.8. The van der Waals surface area contributed by atoms with Crippen molar-refractivity contribution < 1.29 is 14.3 Å². The average molecular weight is 441 g/mol. The minimum Gasteiger partial charge on any atom is -0.494 e. The molecule has 1 N–H and O–H groups in total. The maximum absolute atomic E-state index is 12.5. The van der Waals surface area contributed by atoms with Gasteiger partial charge in [0.15, 0.2) is 0 Å². The molecule has 3 aromatic carbocycles. The van der Waals surface area contributed by atoms with Gasteiger partial charge in [-0.15, -0.1) is 0 Å². The Labute approximate surface area is 191 Å². The summed E-state index contributed by atoms with van der Waals surface area (Å²) in [5.74, 6) is 1.81. The summed E-state index contributed by atoms with van der Waals surface area (Å²) < 4.78 is 12.4. The van der Waals surface area contributed by atoms with Crippen LogP contribution in [0.25, 0.3) is 11.3 Å². The first-order chi connectivity index (χ1) is 16.1. The first-order valence-electron chi connectivity index (χ1n) is 10.5. The summed E-state index contributed by atoms with van der Waals surface area (Å²) in [7, 11) is 0.